The molecule has 80 valence electrons. The minimum atomic E-state index is 0.131. The highest BCUT2D eigenvalue weighted by atomic mass is 16.1. The number of carbonyl (C=O) groups is 1. The van der Waals surface area contributed by atoms with Crippen LogP contribution in [0.15, 0.2) is 30.3 Å². The molecule has 1 aliphatic rings. The largest absolute Gasteiger partial charge is 0.297 e. The predicted octanol–water partition coefficient (Wildman–Crippen LogP) is 2.06. The quantitative estimate of drug-likeness (QED) is 0.746. The second kappa shape index (κ2) is 4.15. The van der Waals surface area contributed by atoms with E-state index in [9.17, 15) is 4.79 Å². The molecule has 2 nitrogen and oxygen atoms in total. The lowest BCUT2D eigenvalue weighted by atomic mass is 10.1. The Bertz CT molecular complexity index is 343. The molecule has 0 saturated heterocycles. The van der Waals surface area contributed by atoms with Gasteiger partial charge in [0.1, 0.15) is 0 Å². The highest BCUT2D eigenvalue weighted by Crippen LogP contribution is 2.40. The third-order valence-corrected chi connectivity index (χ3v) is 3.17. The summed E-state index contributed by atoms with van der Waals surface area (Å²) in [4.78, 5) is 14.0. The lowest BCUT2D eigenvalue weighted by molar-refractivity contribution is -0.111. The van der Waals surface area contributed by atoms with Gasteiger partial charge in [0.2, 0.25) is 0 Å². The molecular weight excluding hydrogens is 186 g/mol. The van der Waals surface area contributed by atoms with Crippen molar-refractivity contribution in [2.45, 2.75) is 25.8 Å². The molecule has 0 heterocycles. The van der Waals surface area contributed by atoms with Crippen molar-refractivity contribution in [1.29, 1.82) is 0 Å². The number of benzene rings is 1. The van der Waals surface area contributed by atoms with Gasteiger partial charge in [0.25, 0.3) is 0 Å². The van der Waals surface area contributed by atoms with E-state index in [0.29, 0.717) is 5.78 Å². The molecule has 2 unspecified atom stereocenters. The maximum Gasteiger partial charge on any atom is 0.160 e. The lowest BCUT2D eigenvalue weighted by Crippen LogP contribution is -2.27. The average molecular weight is 203 g/mol. The molecule has 1 aromatic rings. The fourth-order valence-corrected chi connectivity index (χ4v) is 2.24. The summed E-state index contributed by atoms with van der Waals surface area (Å²) in [6.45, 7) is 6.13. The Morgan fingerprint density at radius 3 is 2.27 bits per heavy atom. The number of Topliss-reactive ketones (excluding diaryl/α,β-unsaturated/α-hetero) is 1. The Kier molecular flexibility index (Phi) is 2.87. The number of likely N-dealkylation sites (N-methyl/N-ethyl adjacent to an activating group) is 1. The van der Waals surface area contributed by atoms with E-state index in [4.69, 9.17) is 0 Å². The first kappa shape index (κ1) is 10.4. The molecule has 0 aromatic heterocycles. The van der Waals surface area contributed by atoms with Crippen LogP contribution in [-0.4, -0.2) is 29.8 Å². The van der Waals surface area contributed by atoms with Crippen LogP contribution in [0.1, 0.15) is 25.3 Å². The normalized spacial score (nSPS) is 24.6. The molecular formula is C13H17NO. The maximum atomic E-state index is 11.7. The van der Waals surface area contributed by atoms with E-state index < -0.39 is 0 Å². The third kappa shape index (κ3) is 1.82. The first-order valence-corrected chi connectivity index (χ1v) is 5.62. The van der Waals surface area contributed by atoms with Gasteiger partial charge in [-0.2, -0.15) is 0 Å². The smallest absolute Gasteiger partial charge is 0.160 e. The second-order valence-electron chi connectivity index (χ2n) is 3.96. The van der Waals surface area contributed by atoms with Crippen molar-refractivity contribution in [2.75, 3.05) is 13.1 Å². The van der Waals surface area contributed by atoms with Crippen molar-refractivity contribution in [3.63, 3.8) is 0 Å². The van der Waals surface area contributed by atoms with Gasteiger partial charge in [-0.15, -0.1) is 0 Å². The molecule has 2 atom stereocenters. The van der Waals surface area contributed by atoms with Crippen LogP contribution < -0.4 is 0 Å². The molecule has 1 saturated carbocycles. The minimum Gasteiger partial charge on any atom is -0.297 e. The molecule has 0 amide bonds. The van der Waals surface area contributed by atoms with E-state index in [2.05, 4.69) is 18.7 Å². The van der Waals surface area contributed by atoms with E-state index in [0.717, 1.165) is 13.1 Å². The van der Waals surface area contributed by atoms with Crippen molar-refractivity contribution < 1.29 is 4.79 Å². The van der Waals surface area contributed by atoms with Crippen LogP contribution in [0.3, 0.4) is 0 Å². The zero-order valence-corrected chi connectivity index (χ0v) is 9.31. The highest BCUT2D eigenvalue weighted by molar-refractivity contribution is 6.08. The van der Waals surface area contributed by atoms with Crippen molar-refractivity contribution >= 4 is 5.78 Å². The molecule has 0 aliphatic heterocycles. The standard InChI is InChI=1S/C13H17NO/c1-3-14(4-2)12-11(13(12)15)10-8-6-5-7-9-10/h5-9,11-12H,3-4H2,1-2H3. The zero-order chi connectivity index (χ0) is 10.8. The van der Waals surface area contributed by atoms with Crippen LogP contribution in [0.4, 0.5) is 0 Å². The summed E-state index contributed by atoms with van der Waals surface area (Å²) in [5.74, 6) is 0.510. The summed E-state index contributed by atoms with van der Waals surface area (Å²) < 4.78 is 0. The molecule has 0 N–H and O–H groups in total. The molecule has 2 rings (SSSR count). The van der Waals surface area contributed by atoms with E-state index in [-0.39, 0.29) is 12.0 Å². The van der Waals surface area contributed by atoms with Crippen LogP contribution >= 0.6 is 0 Å². The number of carbonyl (C=O) groups excluding carboxylic acids is 1. The number of nitrogens with zero attached hydrogens (tertiary/aromatic N) is 1. The van der Waals surface area contributed by atoms with Gasteiger partial charge in [-0.05, 0) is 18.7 Å². The maximum absolute atomic E-state index is 11.7. The fraction of sp³-hybridized carbons (Fsp3) is 0.462. The molecule has 0 bridgehead atoms. The summed E-state index contributed by atoms with van der Waals surface area (Å²) in [7, 11) is 0. The van der Waals surface area contributed by atoms with Crippen molar-refractivity contribution in [2.24, 2.45) is 0 Å². The number of hydrogen-bond acceptors (Lipinski definition) is 2. The lowest BCUT2D eigenvalue weighted by Gasteiger charge is -2.16. The number of ketones is 1. The van der Waals surface area contributed by atoms with Gasteiger partial charge in [0.15, 0.2) is 5.78 Å². The molecule has 1 fully saturated rings. The molecule has 1 aliphatic carbocycles. The first-order valence-electron chi connectivity index (χ1n) is 5.62. The van der Waals surface area contributed by atoms with Crippen molar-refractivity contribution in [1.82, 2.24) is 4.90 Å². The predicted molar refractivity (Wildman–Crippen MR) is 60.9 cm³/mol. The molecule has 0 radical (unpaired) electrons. The van der Waals surface area contributed by atoms with Gasteiger partial charge in [0, 0.05) is 0 Å². The average Bonchev–Trinajstić information content (AvgIpc) is 2.94. The molecule has 2 heteroatoms. The molecule has 0 spiro atoms. The number of rotatable bonds is 4. The van der Waals surface area contributed by atoms with Gasteiger partial charge in [0.05, 0.1) is 12.0 Å². The zero-order valence-electron chi connectivity index (χ0n) is 9.31. The van der Waals surface area contributed by atoms with Crippen molar-refractivity contribution in [3.05, 3.63) is 35.9 Å². The summed E-state index contributed by atoms with van der Waals surface area (Å²) in [5.41, 5.74) is 1.17. The monoisotopic (exact) mass is 203 g/mol. The van der Waals surface area contributed by atoms with Gasteiger partial charge in [-0.3, -0.25) is 9.69 Å². The van der Waals surface area contributed by atoms with Crippen molar-refractivity contribution in [3.8, 4) is 0 Å². The Balaban J connectivity index is 2.12. The van der Waals surface area contributed by atoms with Crippen LogP contribution in [0.25, 0.3) is 0 Å². The van der Waals surface area contributed by atoms with E-state index in [1.807, 2.05) is 30.3 Å². The summed E-state index contributed by atoms with van der Waals surface area (Å²) >= 11 is 0. The summed E-state index contributed by atoms with van der Waals surface area (Å²) in [6.07, 6.45) is 0. The molecule has 1 aromatic carbocycles. The van der Waals surface area contributed by atoms with E-state index in [1.54, 1.807) is 0 Å². The Morgan fingerprint density at radius 2 is 1.73 bits per heavy atom. The number of hydrogen-bond donors (Lipinski definition) is 0. The van der Waals surface area contributed by atoms with Gasteiger partial charge in [-0.1, -0.05) is 44.2 Å². The summed E-state index contributed by atoms with van der Waals surface area (Å²) in [6, 6.07) is 10.2. The SMILES string of the molecule is CCN(CC)C1C(=O)C1c1ccccc1. The first-order chi connectivity index (χ1) is 7.29. The Labute approximate surface area is 90.9 Å². The van der Waals surface area contributed by atoms with Crippen LogP contribution in [0.5, 0.6) is 0 Å². The van der Waals surface area contributed by atoms with Crippen LogP contribution in [0, 0.1) is 0 Å². The second-order valence-corrected chi connectivity index (χ2v) is 3.96. The van der Waals surface area contributed by atoms with Gasteiger partial charge >= 0.3 is 0 Å². The topological polar surface area (TPSA) is 20.3 Å². The minimum absolute atomic E-state index is 0.131. The Hall–Kier alpha value is -1.15. The molecule has 15 heavy (non-hydrogen) atoms. The highest BCUT2D eigenvalue weighted by Gasteiger charge is 2.52. The fourth-order valence-electron chi connectivity index (χ4n) is 2.24. The van der Waals surface area contributed by atoms with Gasteiger partial charge in [-0.25, -0.2) is 0 Å². The van der Waals surface area contributed by atoms with E-state index >= 15 is 0 Å². The summed E-state index contributed by atoms with van der Waals surface area (Å²) in [5, 5.41) is 0. The van der Waals surface area contributed by atoms with Crippen LogP contribution in [-0.2, 0) is 4.79 Å². The van der Waals surface area contributed by atoms with Gasteiger partial charge < -0.3 is 0 Å². The third-order valence-electron chi connectivity index (χ3n) is 3.17. The Morgan fingerprint density at radius 1 is 1.13 bits per heavy atom. The van der Waals surface area contributed by atoms with Crippen LogP contribution in [0.2, 0.25) is 0 Å². The van der Waals surface area contributed by atoms with E-state index in [1.165, 1.54) is 5.56 Å².